The number of likely N-dealkylation sites (N-methyl/N-ethyl adjacent to an activating group) is 1. The van der Waals surface area contributed by atoms with Gasteiger partial charge >= 0.3 is 0 Å². The average Bonchev–Trinajstić information content (AvgIpc) is 2.40. The molecule has 0 bridgehead atoms. The fourth-order valence-electron chi connectivity index (χ4n) is 1.92. The summed E-state index contributed by atoms with van der Waals surface area (Å²) in [5.74, 6) is 0. The lowest BCUT2D eigenvalue weighted by Crippen LogP contribution is -2.24. The first kappa shape index (κ1) is 13.0. The second-order valence-electron chi connectivity index (χ2n) is 4.04. The highest BCUT2D eigenvalue weighted by Gasteiger charge is 2.15. The van der Waals surface area contributed by atoms with Gasteiger partial charge in [0, 0.05) is 18.6 Å². The summed E-state index contributed by atoms with van der Waals surface area (Å²) in [7, 11) is 0. The minimum atomic E-state index is 0.131. The second-order valence-corrected chi connectivity index (χ2v) is 4.45. The summed E-state index contributed by atoms with van der Waals surface area (Å²) in [6, 6.07) is 7.89. The lowest BCUT2D eigenvalue weighted by Gasteiger charge is -2.18. The van der Waals surface area contributed by atoms with Crippen molar-refractivity contribution in [2.24, 2.45) is 0 Å². The molecule has 3 nitrogen and oxygen atoms in total. The molecule has 94 valence electrons. The van der Waals surface area contributed by atoms with Crippen LogP contribution in [-0.4, -0.2) is 16.5 Å². The van der Waals surface area contributed by atoms with Crippen LogP contribution in [0.3, 0.4) is 0 Å². The zero-order valence-corrected chi connectivity index (χ0v) is 11.1. The van der Waals surface area contributed by atoms with Crippen LogP contribution in [0.4, 0.5) is 0 Å². The van der Waals surface area contributed by atoms with Crippen molar-refractivity contribution in [2.45, 2.75) is 19.4 Å². The molecule has 0 radical (unpaired) electrons. The zero-order valence-electron chi connectivity index (χ0n) is 10.3. The van der Waals surface area contributed by atoms with Gasteiger partial charge in [0.25, 0.3) is 0 Å². The van der Waals surface area contributed by atoms with E-state index in [0.29, 0.717) is 5.02 Å². The van der Waals surface area contributed by atoms with Gasteiger partial charge in [0.1, 0.15) is 0 Å². The van der Waals surface area contributed by atoms with E-state index >= 15 is 0 Å². The van der Waals surface area contributed by atoms with Crippen molar-refractivity contribution in [3.8, 4) is 0 Å². The lowest BCUT2D eigenvalue weighted by molar-refractivity contribution is 0.537. The van der Waals surface area contributed by atoms with Gasteiger partial charge in [0.2, 0.25) is 0 Å². The maximum absolute atomic E-state index is 6.21. The first-order chi connectivity index (χ1) is 8.81. The molecule has 0 spiro atoms. The molecule has 0 amide bonds. The third-order valence-electron chi connectivity index (χ3n) is 2.76. The SMILES string of the molecule is CCNC(Cc1ccncc1)c1ncccc1Cl. The van der Waals surface area contributed by atoms with E-state index in [9.17, 15) is 0 Å². The van der Waals surface area contributed by atoms with Crippen molar-refractivity contribution in [2.75, 3.05) is 6.54 Å². The molecule has 1 N–H and O–H groups in total. The maximum atomic E-state index is 6.21. The van der Waals surface area contributed by atoms with E-state index < -0.39 is 0 Å². The Labute approximate surface area is 112 Å². The Morgan fingerprint density at radius 1 is 1.22 bits per heavy atom. The fraction of sp³-hybridized carbons (Fsp3) is 0.286. The summed E-state index contributed by atoms with van der Waals surface area (Å²) in [4.78, 5) is 8.41. The topological polar surface area (TPSA) is 37.8 Å². The van der Waals surface area contributed by atoms with Crippen LogP contribution in [0.1, 0.15) is 24.2 Å². The Kier molecular flexibility index (Phi) is 4.67. The largest absolute Gasteiger partial charge is 0.309 e. The monoisotopic (exact) mass is 261 g/mol. The number of nitrogens with one attached hydrogen (secondary N) is 1. The van der Waals surface area contributed by atoms with Gasteiger partial charge in [0.15, 0.2) is 0 Å². The summed E-state index contributed by atoms with van der Waals surface area (Å²) in [6.07, 6.45) is 6.24. The predicted octanol–water partition coefficient (Wildman–Crippen LogP) is 3.02. The van der Waals surface area contributed by atoms with Crippen LogP contribution >= 0.6 is 11.6 Å². The van der Waals surface area contributed by atoms with Crippen LogP contribution in [-0.2, 0) is 6.42 Å². The summed E-state index contributed by atoms with van der Waals surface area (Å²) in [5, 5.41) is 4.13. The number of halogens is 1. The molecule has 0 saturated carbocycles. The minimum absolute atomic E-state index is 0.131. The Bertz CT molecular complexity index is 487. The summed E-state index contributed by atoms with van der Waals surface area (Å²) < 4.78 is 0. The molecular formula is C14H16ClN3. The predicted molar refractivity (Wildman–Crippen MR) is 73.6 cm³/mol. The normalized spacial score (nSPS) is 12.3. The molecule has 2 heterocycles. The Morgan fingerprint density at radius 3 is 2.67 bits per heavy atom. The molecule has 2 aromatic rings. The summed E-state index contributed by atoms with van der Waals surface area (Å²) in [6.45, 7) is 2.96. The lowest BCUT2D eigenvalue weighted by atomic mass is 10.0. The van der Waals surface area contributed by atoms with Crippen molar-refractivity contribution in [3.05, 3.63) is 59.1 Å². The molecule has 2 aromatic heterocycles. The van der Waals surface area contributed by atoms with Gasteiger partial charge in [-0.1, -0.05) is 18.5 Å². The van der Waals surface area contributed by atoms with E-state index in [0.717, 1.165) is 18.7 Å². The number of pyridine rings is 2. The van der Waals surface area contributed by atoms with Gasteiger partial charge in [-0.15, -0.1) is 0 Å². The first-order valence-electron chi connectivity index (χ1n) is 6.04. The van der Waals surface area contributed by atoms with E-state index in [-0.39, 0.29) is 6.04 Å². The zero-order chi connectivity index (χ0) is 12.8. The molecule has 0 aliphatic rings. The highest BCUT2D eigenvalue weighted by molar-refractivity contribution is 6.31. The molecule has 0 saturated heterocycles. The third-order valence-corrected chi connectivity index (χ3v) is 3.08. The molecule has 2 rings (SSSR count). The van der Waals surface area contributed by atoms with E-state index in [1.165, 1.54) is 5.56 Å². The fourth-order valence-corrected chi connectivity index (χ4v) is 2.17. The highest BCUT2D eigenvalue weighted by Crippen LogP contribution is 2.23. The molecule has 4 heteroatoms. The van der Waals surface area contributed by atoms with Crippen LogP contribution in [0.25, 0.3) is 0 Å². The molecule has 0 aliphatic heterocycles. The molecule has 1 unspecified atom stereocenters. The molecule has 18 heavy (non-hydrogen) atoms. The number of rotatable bonds is 5. The van der Waals surface area contributed by atoms with Crippen LogP contribution < -0.4 is 5.32 Å². The number of aromatic nitrogens is 2. The van der Waals surface area contributed by atoms with Gasteiger partial charge in [-0.25, -0.2) is 0 Å². The molecule has 0 fully saturated rings. The van der Waals surface area contributed by atoms with Crippen molar-refractivity contribution >= 4 is 11.6 Å². The quantitative estimate of drug-likeness (QED) is 0.899. The van der Waals surface area contributed by atoms with Crippen molar-refractivity contribution in [1.29, 1.82) is 0 Å². The Balaban J connectivity index is 2.21. The maximum Gasteiger partial charge on any atom is 0.0762 e. The van der Waals surface area contributed by atoms with E-state index in [2.05, 4.69) is 22.2 Å². The first-order valence-corrected chi connectivity index (χ1v) is 6.41. The van der Waals surface area contributed by atoms with Gasteiger partial charge in [-0.05, 0) is 42.8 Å². The second kappa shape index (κ2) is 6.47. The van der Waals surface area contributed by atoms with Crippen molar-refractivity contribution in [1.82, 2.24) is 15.3 Å². The Morgan fingerprint density at radius 2 is 2.00 bits per heavy atom. The Hall–Kier alpha value is -1.45. The van der Waals surface area contributed by atoms with E-state index in [1.807, 2.05) is 24.3 Å². The minimum Gasteiger partial charge on any atom is -0.309 e. The third kappa shape index (κ3) is 3.28. The van der Waals surface area contributed by atoms with Crippen LogP contribution in [0, 0.1) is 0 Å². The highest BCUT2D eigenvalue weighted by atomic mass is 35.5. The summed E-state index contributed by atoms with van der Waals surface area (Å²) in [5.41, 5.74) is 2.12. The van der Waals surface area contributed by atoms with Crippen molar-refractivity contribution in [3.63, 3.8) is 0 Å². The number of hydrogen-bond acceptors (Lipinski definition) is 3. The molecular weight excluding hydrogens is 246 g/mol. The molecule has 0 aliphatic carbocycles. The van der Waals surface area contributed by atoms with Crippen LogP contribution in [0.15, 0.2) is 42.9 Å². The number of nitrogens with zero attached hydrogens (tertiary/aromatic N) is 2. The summed E-state index contributed by atoms with van der Waals surface area (Å²) >= 11 is 6.21. The van der Waals surface area contributed by atoms with Gasteiger partial charge < -0.3 is 5.32 Å². The van der Waals surface area contributed by atoms with Crippen LogP contribution in [0.2, 0.25) is 5.02 Å². The van der Waals surface area contributed by atoms with Crippen LogP contribution in [0.5, 0.6) is 0 Å². The van der Waals surface area contributed by atoms with Gasteiger partial charge in [-0.2, -0.15) is 0 Å². The molecule has 0 aromatic carbocycles. The van der Waals surface area contributed by atoms with Gasteiger partial charge in [0.05, 0.1) is 16.8 Å². The average molecular weight is 262 g/mol. The standard InChI is InChI=1S/C14H16ClN3/c1-2-17-13(10-11-5-8-16-9-6-11)14-12(15)4-3-7-18-14/h3-9,13,17H,2,10H2,1H3. The van der Waals surface area contributed by atoms with E-state index in [1.54, 1.807) is 18.6 Å². The van der Waals surface area contributed by atoms with Crippen molar-refractivity contribution < 1.29 is 0 Å². The van der Waals surface area contributed by atoms with E-state index in [4.69, 9.17) is 11.6 Å². The smallest absolute Gasteiger partial charge is 0.0762 e. The molecule has 1 atom stereocenters. The number of hydrogen-bond donors (Lipinski definition) is 1. The van der Waals surface area contributed by atoms with Gasteiger partial charge in [-0.3, -0.25) is 9.97 Å².